The molecule has 1 aromatic carbocycles. The lowest BCUT2D eigenvalue weighted by Crippen LogP contribution is -2.52. The number of thiazole rings is 1. The number of fused-ring (bicyclic) bond motifs is 2. The topological polar surface area (TPSA) is 52.6 Å². The average molecular weight is 444 g/mol. The highest BCUT2D eigenvalue weighted by molar-refractivity contribution is 8.00. The Kier molecular flexibility index (Phi) is 8.06. The minimum Gasteiger partial charge on any atom is -0.357 e. The molecule has 0 radical (unpaired) electrons. The van der Waals surface area contributed by atoms with Gasteiger partial charge in [0.2, 0.25) is 0 Å². The molecule has 2 atom stereocenters. The number of benzene rings is 1. The van der Waals surface area contributed by atoms with Gasteiger partial charge in [-0.2, -0.15) is 0 Å². The quantitative estimate of drug-likeness (QED) is 0.261. The van der Waals surface area contributed by atoms with Crippen molar-refractivity contribution in [3.05, 3.63) is 47.5 Å². The molecule has 3 heterocycles. The van der Waals surface area contributed by atoms with Crippen LogP contribution in [0.25, 0.3) is 0 Å². The zero-order valence-corrected chi connectivity index (χ0v) is 19.4. The number of nitrogens with one attached hydrogen (secondary N) is 2. The molecule has 2 fully saturated rings. The molecule has 30 heavy (non-hydrogen) atoms. The van der Waals surface area contributed by atoms with Gasteiger partial charge in [-0.25, -0.2) is 4.98 Å². The fraction of sp³-hybridized carbons (Fsp3) is 0.565. The highest BCUT2D eigenvalue weighted by Gasteiger charge is 2.40. The zero-order valence-electron chi connectivity index (χ0n) is 17.8. The van der Waals surface area contributed by atoms with Crippen molar-refractivity contribution in [1.29, 1.82) is 0 Å². The van der Waals surface area contributed by atoms with E-state index in [4.69, 9.17) is 4.99 Å². The summed E-state index contributed by atoms with van der Waals surface area (Å²) < 4.78 is 1.15. The molecule has 0 spiro atoms. The molecule has 2 unspecified atom stereocenters. The van der Waals surface area contributed by atoms with E-state index in [1.54, 1.807) is 11.3 Å². The maximum Gasteiger partial charge on any atom is 0.191 e. The van der Waals surface area contributed by atoms with Crippen molar-refractivity contribution in [2.24, 2.45) is 4.99 Å². The molecule has 2 aliphatic heterocycles. The Morgan fingerprint density at radius 2 is 2.03 bits per heavy atom. The second-order valence-electron chi connectivity index (χ2n) is 8.12. The third kappa shape index (κ3) is 5.99. The Hall–Kier alpha value is -1.57. The second kappa shape index (κ2) is 11.2. The molecule has 1 aromatic heterocycles. The number of rotatable bonds is 9. The molecule has 0 amide bonds. The first kappa shape index (κ1) is 21.7. The Bertz CT molecular complexity index is 766. The summed E-state index contributed by atoms with van der Waals surface area (Å²) in [7, 11) is 0. The van der Waals surface area contributed by atoms with Crippen molar-refractivity contribution >= 4 is 29.1 Å². The molecule has 4 rings (SSSR count). The van der Waals surface area contributed by atoms with Crippen LogP contribution in [0.1, 0.15) is 44.6 Å². The maximum absolute atomic E-state index is 4.83. The Labute approximate surface area is 188 Å². The Morgan fingerprint density at radius 1 is 1.23 bits per heavy atom. The SMILES string of the molecule is CCNC(=NCCCSc1nccs1)NC1CC2CCC(C1)N2Cc1ccccc1. The Morgan fingerprint density at radius 3 is 2.73 bits per heavy atom. The van der Waals surface area contributed by atoms with Gasteiger partial charge in [-0.3, -0.25) is 9.89 Å². The predicted octanol–water partition coefficient (Wildman–Crippen LogP) is 4.38. The number of piperidine rings is 1. The van der Waals surface area contributed by atoms with Crippen molar-refractivity contribution in [3.8, 4) is 0 Å². The van der Waals surface area contributed by atoms with E-state index in [1.165, 1.54) is 31.2 Å². The first-order chi connectivity index (χ1) is 14.8. The molecular formula is C23H33N5S2. The molecule has 2 N–H and O–H groups in total. The number of aromatic nitrogens is 1. The van der Waals surface area contributed by atoms with Gasteiger partial charge in [0.15, 0.2) is 5.96 Å². The average Bonchev–Trinajstić information content (AvgIpc) is 3.34. The lowest BCUT2D eigenvalue weighted by atomic mass is 9.96. The molecule has 2 saturated heterocycles. The molecule has 0 aliphatic carbocycles. The summed E-state index contributed by atoms with van der Waals surface area (Å²) in [5.74, 6) is 2.05. The monoisotopic (exact) mass is 443 g/mol. The van der Waals surface area contributed by atoms with Gasteiger partial charge in [0.25, 0.3) is 0 Å². The van der Waals surface area contributed by atoms with E-state index >= 15 is 0 Å². The lowest BCUT2D eigenvalue weighted by molar-refractivity contribution is 0.114. The molecule has 162 valence electrons. The van der Waals surface area contributed by atoms with Crippen LogP contribution in [0.15, 0.2) is 51.2 Å². The van der Waals surface area contributed by atoms with E-state index in [0.29, 0.717) is 18.1 Å². The molecule has 7 heteroatoms. The second-order valence-corrected chi connectivity index (χ2v) is 10.4. The predicted molar refractivity (Wildman–Crippen MR) is 128 cm³/mol. The summed E-state index contributed by atoms with van der Waals surface area (Å²) in [5, 5.41) is 9.22. The normalized spacial score (nSPS) is 24.2. The molecule has 0 saturated carbocycles. The first-order valence-corrected chi connectivity index (χ1v) is 13.0. The van der Waals surface area contributed by atoms with Crippen molar-refractivity contribution in [1.82, 2.24) is 20.5 Å². The minimum atomic E-state index is 0.525. The van der Waals surface area contributed by atoms with Crippen molar-refractivity contribution in [2.45, 2.75) is 68.0 Å². The molecule has 2 aromatic rings. The number of thioether (sulfide) groups is 1. The summed E-state index contributed by atoms with van der Waals surface area (Å²) in [5.41, 5.74) is 1.44. The third-order valence-corrected chi connectivity index (χ3v) is 8.04. The summed E-state index contributed by atoms with van der Waals surface area (Å²) in [6.45, 7) is 4.99. The zero-order chi connectivity index (χ0) is 20.6. The lowest BCUT2D eigenvalue weighted by Gasteiger charge is -2.39. The van der Waals surface area contributed by atoms with Gasteiger partial charge in [0.1, 0.15) is 4.34 Å². The maximum atomic E-state index is 4.83. The van der Waals surface area contributed by atoms with Crippen LogP contribution >= 0.6 is 23.1 Å². The summed E-state index contributed by atoms with van der Waals surface area (Å²) in [4.78, 5) is 11.9. The van der Waals surface area contributed by atoms with Crippen LogP contribution in [0.5, 0.6) is 0 Å². The van der Waals surface area contributed by atoms with Gasteiger partial charge >= 0.3 is 0 Å². The van der Waals surface area contributed by atoms with E-state index in [2.05, 4.69) is 57.8 Å². The van der Waals surface area contributed by atoms with Crippen molar-refractivity contribution in [3.63, 3.8) is 0 Å². The van der Waals surface area contributed by atoms with Crippen LogP contribution in [-0.4, -0.2) is 52.8 Å². The largest absolute Gasteiger partial charge is 0.357 e. The highest BCUT2D eigenvalue weighted by Crippen LogP contribution is 2.36. The van der Waals surface area contributed by atoms with Gasteiger partial charge in [0.05, 0.1) is 0 Å². The van der Waals surface area contributed by atoms with Crippen LogP contribution in [0.3, 0.4) is 0 Å². The van der Waals surface area contributed by atoms with Gasteiger partial charge in [0, 0.05) is 55.1 Å². The standard InChI is InChI=1S/C23H33N5S2/c1-2-24-22(25-11-6-13-29-23-26-12-14-30-23)27-19-15-20-9-10-21(16-19)28(20)17-18-7-4-3-5-8-18/h3-5,7-8,12,14,19-21H,2,6,9-11,13,15-17H2,1H3,(H2,24,25,27). The van der Waals surface area contributed by atoms with Crippen LogP contribution in [0, 0.1) is 0 Å². The van der Waals surface area contributed by atoms with E-state index in [1.807, 2.05) is 23.3 Å². The van der Waals surface area contributed by atoms with Crippen molar-refractivity contribution in [2.75, 3.05) is 18.8 Å². The van der Waals surface area contributed by atoms with Crippen LogP contribution < -0.4 is 10.6 Å². The summed E-state index contributed by atoms with van der Waals surface area (Å²) in [6, 6.07) is 12.8. The van der Waals surface area contributed by atoms with Crippen LogP contribution in [0.2, 0.25) is 0 Å². The number of guanidine groups is 1. The molecule has 5 nitrogen and oxygen atoms in total. The summed E-state index contributed by atoms with van der Waals surface area (Å²) >= 11 is 3.54. The molecule has 2 bridgehead atoms. The van der Waals surface area contributed by atoms with E-state index in [-0.39, 0.29) is 0 Å². The van der Waals surface area contributed by atoms with E-state index < -0.39 is 0 Å². The van der Waals surface area contributed by atoms with Gasteiger partial charge in [-0.1, -0.05) is 42.1 Å². The van der Waals surface area contributed by atoms with Gasteiger partial charge in [-0.05, 0) is 44.6 Å². The van der Waals surface area contributed by atoms with Gasteiger partial charge in [-0.15, -0.1) is 11.3 Å². The number of nitrogens with zero attached hydrogens (tertiary/aromatic N) is 3. The third-order valence-electron chi connectivity index (χ3n) is 5.98. The number of hydrogen-bond donors (Lipinski definition) is 2. The van der Waals surface area contributed by atoms with Gasteiger partial charge < -0.3 is 10.6 Å². The van der Waals surface area contributed by atoms with Crippen LogP contribution in [-0.2, 0) is 6.54 Å². The highest BCUT2D eigenvalue weighted by atomic mass is 32.2. The fourth-order valence-electron chi connectivity index (χ4n) is 4.65. The van der Waals surface area contributed by atoms with Crippen LogP contribution in [0.4, 0.5) is 0 Å². The minimum absolute atomic E-state index is 0.525. The van der Waals surface area contributed by atoms with E-state index in [9.17, 15) is 0 Å². The Balaban J connectivity index is 1.25. The van der Waals surface area contributed by atoms with E-state index in [0.717, 1.165) is 42.1 Å². The smallest absolute Gasteiger partial charge is 0.191 e. The number of hydrogen-bond acceptors (Lipinski definition) is 5. The molecular weight excluding hydrogens is 410 g/mol. The first-order valence-electron chi connectivity index (χ1n) is 11.2. The van der Waals surface area contributed by atoms with Crippen molar-refractivity contribution < 1.29 is 0 Å². The fourth-order valence-corrected chi connectivity index (χ4v) is 6.29. The number of aliphatic imine (C=N–C) groups is 1. The summed E-state index contributed by atoms with van der Waals surface area (Å²) in [6.07, 6.45) is 8.04. The molecule has 2 aliphatic rings.